The van der Waals surface area contributed by atoms with Gasteiger partial charge in [-0.1, -0.05) is 65.8 Å². The lowest BCUT2D eigenvalue weighted by Gasteiger charge is -2.11. The molecule has 32 heavy (non-hydrogen) atoms. The number of hydrogen-bond donors (Lipinski definition) is 1. The number of carbonyl (C=O) groups is 1. The Balaban J connectivity index is 1.45. The number of halogens is 1. The van der Waals surface area contributed by atoms with Crippen molar-refractivity contribution in [2.24, 2.45) is 0 Å². The van der Waals surface area contributed by atoms with Gasteiger partial charge in [-0.25, -0.2) is 0 Å². The van der Waals surface area contributed by atoms with Crippen molar-refractivity contribution in [1.82, 2.24) is 14.8 Å². The molecule has 0 bridgehead atoms. The fraction of sp³-hybridized carbons (Fsp3) is 0.208. The molecular formula is C24H23ClN4OS2. The highest BCUT2D eigenvalue weighted by atomic mass is 35.5. The second-order valence-corrected chi connectivity index (χ2v) is 9.74. The predicted molar refractivity (Wildman–Crippen MR) is 133 cm³/mol. The van der Waals surface area contributed by atoms with Gasteiger partial charge >= 0.3 is 0 Å². The third kappa shape index (κ3) is 6.00. The number of nitrogens with zero attached hydrogens (tertiary/aromatic N) is 3. The largest absolute Gasteiger partial charge is 0.324 e. The van der Waals surface area contributed by atoms with Gasteiger partial charge in [0.25, 0.3) is 0 Å². The first-order valence-electron chi connectivity index (χ1n) is 10.3. The van der Waals surface area contributed by atoms with E-state index in [4.69, 9.17) is 11.6 Å². The Hall–Kier alpha value is -2.61. The third-order valence-corrected chi connectivity index (χ3v) is 7.06. The number of thioether (sulfide) groups is 1. The van der Waals surface area contributed by atoms with E-state index >= 15 is 0 Å². The molecule has 0 aliphatic carbocycles. The van der Waals surface area contributed by atoms with Crippen LogP contribution in [0.1, 0.15) is 21.8 Å². The van der Waals surface area contributed by atoms with Gasteiger partial charge in [-0.3, -0.25) is 4.79 Å². The second-order valence-electron chi connectivity index (χ2n) is 7.36. The number of carbonyl (C=O) groups excluding carboxylic acids is 1. The van der Waals surface area contributed by atoms with Gasteiger partial charge in [-0.05, 0) is 48.1 Å². The molecule has 0 aliphatic rings. The summed E-state index contributed by atoms with van der Waals surface area (Å²) >= 11 is 9.34. The van der Waals surface area contributed by atoms with Crippen molar-refractivity contribution < 1.29 is 4.79 Å². The maximum absolute atomic E-state index is 12.5. The zero-order valence-corrected chi connectivity index (χ0v) is 20.0. The van der Waals surface area contributed by atoms with E-state index in [9.17, 15) is 4.79 Å². The molecule has 2 aromatic carbocycles. The molecule has 0 unspecified atom stereocenters. The first kappa shape index (κ1) is 22.6. The van der Waals surface area contributed by atoms with Crippen LogP contribution in [0.3, 0.4) is 0 Å². The van der Waals surface area contributed by atoms with Crippen LogP contribution in [0.5, 0.6) is 0 Å². The molecule has 5 nitrogen and oxygen atoms in total. The molecule has 2 aromatic heterocycles. The minimum absolute atomic E-state index is 0.127. The summed E-state index contributed by atoms with van der Waals surface area (Å²) in [4.78, 5) is 13.8. The first-order chi connectivity index (χ1) is 15.6. The highest BCUT2D eigenvalue weighted by Crippen LogP contribution is 2.24. The van der Waals surface area contributed by atoms with E-state index in [1.807, 2.05) is 49.4 Å². The standard InChI is InChI=1S/C24H23ClN4OS2/c1-17-9-10-21(20(25)14-17)26-23(30)16-32-24-28-27-22(15-19-8-5-13-31-19)29(24)12-11-18-6-3-2-4-7-18/h2-10,13-14H,11-12,15-16H2,1H3,(H,26,30). The van der Waals surface area contributed by atoms with Gasteiger partial charge < -0.3 is 9.88 Å². The zero-order chi connectivity index (χ0) is 22.3. The summed E-state index contributed by atoms with van der Waals surface area (Å²) in [5, 5.41) is 15.1. The Bertz CT molecular complexity index is 1180. The number of nitrogens with one attached hydrogen (secondary N) is 1. The maximum Gasteiger partial charge on any atom is 0.234 e. The van der Waals surface area contributed by atoms with Crippen LogP contribution in [0.25, 0.3) is 0 Å². The SMILES string of the molecule is Cc1ccc(NC(=O)CSc2nnc(Cc3cccs3)n2CCc2ccccc2)c(Cl)c1. The van der Waals surface area contributed by atoms with Crippen LogP contribution in [-0.4, -0.2) is 26.4 Å². The fourth-order valence-electron chi connectivity index (χ4n) is 3.27. The van der Waals surface area contributed by atoms with Crippen LogP contribution in [-0.2, 0) is 24.2 Å². The lowest BCUT2D eigenvalue weighted by molar-refractivity contribution is -0.113. The van der Waals surface area contributed by atoms with Crippen LogP contribution < -0.4 is 5.32 Å². The summed E-state index contributed by atoms with van der Waals surface area (Å²) < 4.78 is 2.13. The van der Waals surface area contributed by atoms with E-state index in [0.29, 0.717) is 10.7 Å². The third-order valence-electron chi connectivity index (χ3n) is 4.90. The molecule has 4 aromatic rings. The van der Waals surface area contributed by atoms with Crippen molar-refractivity contribution in [3.8, 4) is 0 Å². The second kappa shape index (κ2) is 10.8. The number of anilines is 1. The number of thiophene rings is 1. The molecule has 0 radical (unpaired) electrons. The van der Waals surface area contributed by atoms with E-state index in [1.54, 1.807) is 11.3 Å². The van der Waals surface area contributed by atoms with E-state index in [1.165, 1.54) is 22.2 Å². The Kier molecular flexibility index (Phi) is 7.63. The van der Waals surface area contributed by atoms with Crippen LogP contribution in [0.4, 0.5) is 5.69 Å². The molecule has 4 rings (SSSR count). The average molecular weight is 483 g/mol. The van der Waals surface area contributed by atoms with Crippen molar-refractivity contribution >= 4 is 46.3 Å². The summed E-state index contributed by atoms with van der Waals surface area (Å²) in [5.74, 6) is 1.01. The number of rotatable bonds is 9. The summed E-state index contributed by atoms with van der Waals surface area (Å²) in [5.41, 5.74) is 2.92. The number of hydrogen-bond acceptors (Lipinski definition) is 5. The van der Waals surface area contributed by atoms with Crippen molar-refractivity contribution in [2.45, 2.75) is 31.5 Å². The van der Waals surface area contributed by atoms with Crippen LogP contribution in [0.2, 0.25) is 5.02 Å². The molecule has 164 valence electrons. The monoisotopic (exact) mass is 482 g/mol. The average Bonchev–Trinajstić information content (AvgIpc) is 3.44. The molecule has 0 saturated carbocycles. The summed E-state index contributed by atoms with van der Waals surface area (Å²) in [7, 11) is 0. The molecule has 0 aliphatic heterocycles. The lowest BCUT2D eigenvalue weighted by Crippen LogP contribution is -2.15. The minimum Gasteiger partial charge on any atom is -0.324 e. The van der Waals surface area contributed by atoms with Gasteiger partial charge in [-0.15, -0.1) is 21.5 Å². The van der Waals surface area contributed by atoms with E-state index in [2.05, 4.69) is 43.7 Å². The van der Waals surface area contributed by atoms with Crippen molar-refractivity contribution in [1.29, 1.82) is 0 Å². The lowest BCUT2D eigenvalue weighted by atomic mass is 10.1. The van der Waals surface area contributed by atoms with Gasteiger partial charge in [0.05, 0.1) is 16.5 Å². The fourth-order valence-corrected chi connectivity index (χ4v) is 5.04. The Morgan fingerprint density at radius 2 is 1.97 bits per heavy atom. The number of aryl methyl sites for hydroxylation is 2. The Morgan fingerprint density at radius 3 is 2.72 bits per heavy atom. The Labute approximate surface area is 200 Å². The van der Waals surface area contributed by atoms with Crippen LogP contribution >= 0.6 is 34.7 Å². The predicted octanol–water partition coefficient (Wildman–Crippen LogP) is 5.87. The Morgan fingerprint density at radius 1 is 1.12 bits per heavy atom. The minimum atomic E-state index is -0.127. The normalized spacial score (nSPS) is 10.9. The molecule has 0 saturated heterocycles. The van der Waals surface area contributed by atoms with E-state index < -0.39 is 0 Å². The van der Waals surface area contributed by atoms with Crippen LogP contribution in [0, 0.1) is 6.92 Å². The van der Waals surface area contributed by atoms with Crippen LogP contribution in [0.15, 0.2) is 71.2 Å². The molecule has 8 heteroatoms. The highest BCUT2D eigenvalue weighted by molar-refractivity contribution is 7.99. The van der Waals surface area contributed by atoms with Crippen molar-refractivity contribution in [3.63, 3.8) is 0 Å². The maximum atomic E-state index is 12.5. The molecule has 0 fully saturated rings. The van der Waals surface area contributed by atoms with Crippen molar-refractivity contribution in [3.05, 3.63) is 92.9 Å². The smallest absolute Gasteiger partial charge is 0.234 e. The van der Waals surface area contributed by atoms with E-state index in [-0.39, 0.29) is 11.7 Å². The highest BCUT2D eigenvalue weighted by Gasteiger charge is 2.16. The summed E-state index contributed by atoms with van der Waals surface area (Å²) in [6, 6.07) is 20.1. The first-order valence-corrected chi connectivity index (χ1v) is 12.5. The van der Waals surface area contributed by atoms with Gasteiger partial charge in [-0.2, -0.15) is 0 Å². The van der Waals surface area contributed by atoms with Gasteiger partial charge in [0.15, 0.2) is 5.16 Å². The molecule has 1 amide bonds. The molecule has 0 spiro atoms. The summed E-state index contributed by atoms with van der Waals surface area (Å²) in [6.45, 7) is 2.72. The number of aromatic nitrogens is 3. The van der Waals surface area contributed by atoms with E-state index in [0.717, 1.165) is 35.9 Å². The quantitative estimate of drug-likeness (QED) is 0.303. The molecule has 1 N–H and O–H groups in total. The molecular weight excluding hydrogens is 460 g/mol. The van der Waals surface area contributed by atoms with Crippen molar-refractivity contribution in [2.75, 3.05) is 11.1 Å². The summed E-state index contributed by atoms with van der Waals surface area (Å²) in [6.07, 6.45) is 1.60. The molecule has 2 heterocycles. The van der Waals surface area contributed by atoms with Gasteiger partial charge in [0.2, 0.25) is 5.91 Å². The topological polar surface area (TPSA) is 59.8 Å². The molecule has 0 atom stereocenters. The zero-order valence-electron chi connectivity index (χ0n) is 17.6. The van der Waals surface area contributed by atoms with Gasteiger partial charge in [0.1, 0.15) is 5.82 Å². The number of amides is 1. The van der Waals surface area contributed by atoms with Gasteiger partial charge in [0, 0.05) is 17.8 Å². The number of benzene rings is 2.